The Kier molecular flexibility index (Phi) is 4.29. The molecule has 0 unspecified atom stereocenters. The first-order chi connectivity index (χ1) is 8.60. The number of hydrogen-bond acceptors (Lipinski definition) is 3. The maximum atomic E-state index is 5.39. The van der Waals surface area contributed by atoms with Crippen LogP contribution in [0.15, 0.2) is 33.3 Å². The molecule has 0 aliphatic heterocycles. The Bertz CT molecular complexity index is 554. The minimum Gasteiger partial charge on any atom is -0.495 e. The van der Waals surface area contributed by atoms with Gasteiger partial charge in [-0.05, 0) is 28.1 Å². The van der Waals surface area contributed by atoms with Crippen molar-refractivity contribution < 1.29 is 4.74 Å². The zero-order chi connectivity index (χ0) is 13.1. The van der Waals surface area contributed by atoms with Gasteiger partial charge in [-0.25, -0.2) is 0 Å². The molecule has 0 saturated carbocycles. The van der Waals surface area contributed by atoms with Crippen LogP contribution in [0.2, 0.25) is 0 Å². The van der Waals surface area contributed by atoms with E-state index in [2.05, 4.69) is 42.3 Å². The lowest BCUT2D eigenvalue weighted by Gasteiger charge is -2.11. The second-order valence-electron chi connectivity index (χ2n) is 3.81. The van der Waals surface area contributed by atoms with E-state index < -0.39 is 0 Å². The smallest absolute Gasteiger partial charge is 0.148 e. The van der Waals surface area contributed by atoms with Crippen LogP contribution in [0.3, 0.4) is 0 Å². The molecule has 0 aliphatic carbocycles. The molecule has 96 valence electrons. The molecular formula is C12H13Br2N3O. The number of rotatable bonds is 4. The maximum Gasteiger partial charge on any atom is 0.148 e. The highest BCUT2D eigenvalue weighted by molar-refractivity contribution is 9.11. The summed E-state index contributed by atoms with van der Waals surface area (Å²) in [5, 5.41) is 7.52. The summed E-state index contributed by atoms with van der Waals surface area (Å²) in [6.45, 7) is 0.651. The van der Waals surface area contributed by atoms with Gasteiger partial charge in [0.2, 0.25) is 0 Å². The fourth-order valence-electron chi connectivity index (χ4n) is 1.67. The predicted octanol–water partition coefficient (Wildman–Crippen LogP) is 3.57. The third-order valence-corrected chi connectivity index (χ3v) is 3.51. The number of hydrogen-bond donors (Lipinski definition) is 1. The minimum atomic E-state index is 0.651. The normalized spacial score (nSPS) is 10.4. The van der Waals surface area contributed by atoms with Crippen molar-refractivity contribution in [3.05, 3.63) is 38.9 Å². The van der Waals surface area contributed by atoms with E-state index in [-0.39, 0.29) is 0 Å². The molecular weight excluding hydrogens is 362 g/mol. The number of benzene rings is 1. The van der Waals surface area contributed by atoms with Gasteiger partial charge < -0.3 is 10.1 Å². The van der Waals surface area contributed by atoms with Crippen LogP contribution in [0, 0.1) is 0 Å². The molecule has 4 nitrogen and oxygen atoms in total. The van der Waals surface area contributed by atoms with Crippen molar-refractivity contribution >= 4 is 37.7 Å². The summed E-state index contributed by atoms with van der Waals surface area (Å²) < 4.78 is 9.09. The van der Waals surface area contributed by atoms with Crippen molar-refractivity contribution in [1.82, 2.24) is 9.78 Å². The summed E-state index contributed by atoms with van der Waals surface area (Å²) in [5.41, 5.74) is 1.06. The topological polar surface area (TPSA) is 39.1 Å². The molecule has 0 aliphatic rings. The van der Waals surface area contributed by atoms with Crippen molar-refractivity contribution in [3.63, 3.8) is 0 Å². The van der Waals surface area contributed by atoms with E-state index >= 15 is 0 Å². The van der Waals surface area contributed by atoms with E-state index in [0.717, 1.165) is 26.1 Å². The van der Waals surface area contributed by atoms with Gasteiger partial charge in [0, 0.05) is 35.9 Å². The van der Waals surface area contributed by atoms with E-state index in [1.165, 1.54) is 0 Å². The maximum absolute atomic E-state index is 5.39. The average Bonchev–Trinajstić information content (AvgIpc) is 2.72. The van der Waals surface area contributed by atoms with Crippen LogP contribution < -0.4 is 10.1 Å². The Morgan fingerprint density at radius 1 is 1.39 bits per heavy atom. The lowest BCUT2D eigenvalue weighted by Crippen LogP contribution is -2.03. The summed E-state index contributed by atoms with van der Waals surface area (Å²) in [4.78, 5) is 0. The van der Waals surface area contributed by atoms with Gasteiger partial charge in [0.25, 0.3) is 0 Å². The van der Waals surface area contributed by atoms with Gasteiger partial charge in [0.1, 0.15) is 11.6 Å². The molecule has 6 heteroatoms. The number of aromatic nitrogens is 2. The van der Waals surface area contributed by atoms with Crippen molar-refractivity contribution in [2.45, 2.75) is 6.54 Å². The second kappa shape index (κ2) is 5.75. The molecule has 0 fully saturated rings. The highest BCUT2D eigenvalue weighted by Crippen LogP contribution is 2.32. The van der Waals surface area contributed by atoms with E-state index in [1.807, 2.05) is 31.4 Å². The van der Waals surface area contributed by atoms with Crippen LogP contribution in [0.5, 0.6) is 5.75 Å². The summed E-state index contributed by atoms with van der Waals surface area (Å²) in [5.74, 6) is 1.68. The van der Waals surface area contributed by atoms with E-state index in [1.54, 1.807) is 11.8 Å². The molecule has 2 rings (SSSR count). The van der Waals surface area contributed by atoms with Crippen LogP contribution in [0.1, 0.15) is 5.56 Å². The van der Waals surface area contributed by atoms with E-state index in [4.69, 9.17) is 4.74 Å². The average molecular weight is 375 g/mol. The second-order valence-corrected chi connectivity index (χ2v) is 5.58. The molecule has 0 saturated heterocycles. The molecule has 2 aromatic rings. The standard InChI is InChI=1S/C12H13Br2N3O/c1-17-4-3-11(16-17)15-7-8-5-9(13)6-10(14)12(8)18-2/h3-6H,7H2,1-2H3,(H,15,16). The van der Waals surface area contributed by atoms with Gasteiger partial charge in [-0.2, -0.15) is 5.10 Å². The number of anilines is 1. The summed E-state index contributed by atoms with van der Waals surface area (Å²) in [6.07, 6.45) is 1.90. The van der Waals surface area contributed by atoms with E-state index in [9.17, 15) is 0 Å². The van der Waals surface area contributed by atoms with Gasteiger partial charge >= 0.3 is 0 Å². The highest BCUT2D eigenvalue weighted by Gasteiger charge is 2.09. The number of methoxy groups -OCH3 is 1. The first-order valence-corrected chi connectivity index (χ1v) is 6.94. The molecule has 0 amide bonds. The fraction of sp³-hybridized carbons (Fsp3) is 0.250. The summed E-state index contributed by atoms with van der Waals surface area (Å²) in [6, 6.07) is 5.92. The number of ether oxygens (including phenoxy) is 1. The Balaban J connectivity index is 2.18. The van der Waals surface area contributed by atoms with Crippen molar-refractivity contribution in [2.24, 2.45) is 7.05 Å². The molecule has 1 heterocycles. The number of aryl methyl sites for hydroxylation is 1. The van der Waals surface area contributed by atoms with Crippen molar-refractivity contribution in [2.75, 3.05) is 12.4 Å². The molecule has 1 aromatic heterocycles. The minimum absolute atomic E-state index is 0.651. The number of nitrogens with zero attached hydrogens (tertiary/aromatic N) is 2. The largest absolute Gasteiger partial charge is 0.495 e. The molecule has 0 bridgehead atoms. The monoisotopic (exact) mass is 373 g/mol. The molecule has 1 aromatic carbocycles. The predicted molar refractivity (Wildman–Crippen MR) is 78.9 cm³/mol. The van der Waals surface area contributed by atoms with Crippen molar-refractivity contribution in [3.8, 4) is 5.75 Å². The summed E-state index contributed by atoms with van der Waals surface area (Å²) >= 11 is 6.96. The zero-order valence-electron chi connectivity index (χ0n) is 10.1. The first kappa shape index (κ1) is 13.4. The molecule has 0 radical (unpaired) electrons. The summed E-state index contributed by atoms with van der Waals surface area (Å²) in [7, 11) is 3.56. The van der Waals surface area contributed by atoms with Crippen LogP contribution in [-0.4, -0.2) is 16.9 Å². The quantitative estimate of drug-likeness (QED) is 0.889. The van der Waals surface area contributed by atoms with Crippen LogP contribution >= 0.6 is 31.9 Å². The molecule has 0 atom stereocenters. The third-order valence-electron chi connectivity index (χ3n) is 2.46. The third kappa shape index (κ3) is 3.05. The van der Waals surface area contributed by atoms with Gasteiger partial charge in [0.15, 0.2) is 0 Å². The molecule has 18 heavy (non-hydrogen) atoms. The van der Waals surface area contributed by atoms with Gasteiger partial charge in [-0.15, -0.1) is 0 Å². The first-order valence-electron chi connectivity index (χ1n) is 5.35. The van der Waals surface area contributed by atoms with E-state index in [0.29, 0.717) is 6.54 Å². The fourth-order valence-corrected chi connectivity index (χ4v) is 3.14. The van der Waals surface area contributed by atoms with Crippen molar-refractivity contribution in [1.29, 1.82) is 0 Å². The van der Waals surface area contributed by atoms with Gasteiger partial charge in [0.05, 0.1) is 11.6 Å². The zero-order valence-corrected chi connectivity index (χ0v) is 13.2. The SMILES string of the molecule is COc1c(Br)cc(Br)cc1CNc1ccn(C)n1. The number of nitrogens with one attached hydrogen (secondary N) is 1. The molecule has 0 spiro atoms. The van der Waals surface area contributed by atoms with Gasteiger partial charge in [-0.3, -0.25) is 4.68 Å². The van der Waals surface area contributed by atoms with Crippen LogP contribution in [-0.2, 0) is 13.6 Å². The lowest BCUT2D eigenvalue weighted by molar-refractivity contribution is 0.407. The lowest BCUT2D eigenvalue weighted by atomic mass is 10.2. The Labute approximate surface area is 123 Å². The molecule has 1 N–H and O–H groups in total. The van der Waals surface area contributed by atoms with Gasteiger partial charge in [-0.1, -0.05) is 15.9 Å². The van der Waals surface area contributed by atoms with Crippen LogP contribution in [0.4, 0.5) is 5.82 Å². The highest BCUT2D eigenvalue weighted by atomic mass is 79.9. The Morgan fingerprint density at radius 3 is 2.78 bits per heavy atom. The Morgan fingerprint density at radius 2 is 2.17 bits per heavy atom. The number of halogens is 2. The Hall–Kier alpha value is -1.01. The van der Waals surface area contributed by atoms with Crippen LogP contribution in [0.25, 0.3) is 0 Å².